The van der Waals surface area contributed by atoms with E-state index in [0.717, 1.165) is 18.2 Å². The van der Waals surface area contributed by atoms with Crippen LogP contribution in [0.4, 0.5) is 14.5 Å². The Morgan fingerprint density at radius 2 is 1.78 bits per heavy atom. The van der Waals surface area contributed by atoms with E-state index in [4.69, 9.17) is 4.74 Å². The van der Waals surface area contributed by atoms with Crippen LogP contribution >= 0.6 is 0 Å². The molecule has 9 heteroatoms. The summed E-state index contributed by atoms with van der Waals surface area (Å²) in [4.78, 5) is 12.2. The van der Waals surface area contributed by atoms with Gasteiger partial charge in [0.2, 0.25) is 10.0 Å². The van der Waals surface area contributed by atoms with Gasteiger partial charge in [0, 0.05) is 11.6 Å². The molecule has 0 aliphatic rings. The highest BCUT2D eigenvalue weighted by atomic mass is 32.2. The third kappa shape index (κ3) is 5.01. The van der Waals surface area contributed by atoms with E-state index < -0.39 is 33.3 Å². The molecule has 1 amide bonds. The molecule has 146 valence electrons. The Morgan fingerprint density at radius 1 is 1.15 bits per heavy atom. The number of amides is 1. The lowest BCUT2D eigenvalue weighted by atomic mass is 10.2. The van der Waals surface area contributed by atoms with Crippen LogP contribution in [0.2, 0.25) is 0 Å². The zero-order valence-corrected chi connectivity index (χ0v) is 15.9. The van der Waals surface area contributed by atoms with Crippen LogP contribution in [0.1, 0.15) is 31.1 Å². The van der Waals surface area contributed by atoms with Gasteiger partial charge >= 0.3 is 0 Å². The first kappa shape index (κ1) is 20.8. The van der Waals surface area contributed by atoms with E-state index in [2.05, 4.69) is 10.0 Å². The van der Waals surface area contributed by atoms with Crippen molar-refractivity contribution in [2.45, 2.75) is 31.7 Å². The Hall–Kier alpha value is -2.52. The number of rotatable bonds is 7. The molecule has 0 radical (unpaired) electrons. The van der Waals surface area contributed by atoms with Gasteiger partial charge in [-0.2, -0.15) is 0 Å². The Labute approximate surface area is 156 Å². The molecule has 0 saturated carbocycles. The summed E-state index contributed by atoms with van der Waals surface area (Å²) in [5, 5.41) is 2.12. The largest absolute Gasteiger partial charge is 0.492 e. The van der Waals surface area contributed by atoms with Gasteiger partial charge in [-0.15, -0.1) is 0 Å². The van der Waals surface area contributed by atoms with Gasteiger partial charge in [-0.25, -0.2) is 21.9 Å². The minimum Gasteiger partial charge on any atom is -0.492 e. The molecular formula is C18H20F2N2O4S. The molecule has 0 spiro atoms. The maximum atomic E-state index is 13.7. The first-order valence-corrected chi connectivity index (χ1v) is 9.68. The average molecular weight is 398 g/mol. The Morgan fingerprint density at radius 3 is 2.33 bits per heavy atom. The summed E-state index contributed by atoms with van der Waals surface area (Å²) in [5.74, 6) is -2.67. The summed E-state index contributed by atoms with van der Waals surface area (Å²) < 4.78 is 60.3. The number of halogens is 2. The molecule has 0 aromatic heterocycles. The van der Waals surface area contributed by atoms with Gasteiger partial charge in [0.1, 0.15) is 28.0 Å². The second-order valence-electron chi connectivity index (χ2n) is 5.92. The van der Waals surface area contributed by atoms with Crippen molar-refractivity contribution in [3.63, 3.8) is 0 Å². The van der Waals surface area contributed by atoms with Crippen LogP contribution in [0.5, 0.6) is 5.75 Å². The molecule has 2 aromatic rings. The number of carbonyl (C=O) groups excluding carboxylic acids is 1. The van der Waals surface area contributed by atoms with E-state index in [0.29, 0.717) is 0 Å². The van der Waals surface area contributed by atoms with Gasteiger partial charge in [0.15, 0.2) is 0 Å². The van der Waals surface area contributed by atoms with E-state index in [1.165, 1.54) is 18.2 Å². The van der Waals surface area contributed by atoms with Gasteiger partial charge in [0.05, 0.1) is 6.61 Å². The van der Waals surface area contributed by atoms with Crippen LogP contribution in [0.15, 0.2) is 41.3 Å². The lowest BCUT2D eigenvalue weighted by Gasteiger charge is -2.15. The quantitative estimate of drug-likeness (QED) is 0.750. The van der Waals surface area contributed by atoms with Crippen LogP contribution in [-0.4, -0.2) is 27.0 Å². The summed E-state index contributed by atoms with van der Waals surface area (Å²) >= 11 is 0. The number of benzene rings is 2. The Bertz CT molecular complexity index is 926. The SMILES string of the molecule is CCOc1ccc(C(=O)Nc2c(F)cccc2F)cc1S(=O)(=O)NC(C)C. The average Bonchev–Trinajstić information content (AvgIpc) is 2.57. The second-order valence-corrected chi connectivity index (χ2v) is 7.60. The zero-order chi connectivity index (χ0) is 20.2. The van der Waals surface area contributed by atoms with Gasteiger partial charge in [-0.3, -0.25) is 4.79 Å². The normalized spacial score (nSPS) is 11.5. The van der Waals surface area contributed by atoms with Crippen LogP contribution in [-0.2, 0) is 10.0 Å². The fourth-order valence-corrected chi connectivity index (χ4v) is 3.73. The van der Waals surface area contributed by atoms with Crippen molar-refractivity contribution < 1.29 is 26.7 Å². The van der Waals surface area contributed by atoms with Crippen molar-refractivity contribution in [3.8, 4) is 5.75 Å². The van der Waals surface area contributed by atoms with Crippen molar-refractivity contribution in [3.05, 3.63) is 53.6 Å². The Kier molecular flexibility index (Phi) is 6.50. The van der Waals surface area contributed by atoms with Crippen molar-refractivity contribution in [2.75, 3.05) is 11.9 Å². The van der Waals surface area contributed by atoms with E-state index in [9.17, 15) is 22.0 Å². The molecule has 27 heavy (non-hydrogen) atoms. The van der Waals surface area contributed by atoms with E-state index >= 15 is 0 Å². The molecule has 0 aliphatic heterocycles. The minimum atomic E-state index is -3.96. The first-order chi connectivity index (χ1) is 12.7. The highest BCUT2D eigenvalue weighted by molar-refractivity contribution is 7.89. The topological polar surface area (TPSA) is 84.5 Å². The zero-order valence-electron chi connectivity index (χ0n) is 15.0. The minimum absolute atomic E-state index is 0.0688. The second kappa shape index (κ2) is 8.45. The van der Waals surface area contributed by atoms with Gasteiger partial charge in [-0.1, -0.05) is 6.07 Å². The number of sulfonamides is 1. The predicted molar refractivity (Wildman–Crippen MR) is 97.4 cm³/mol. The maximum absolute atomic E-state index is 13.7. The fourth-order valence-electron chi connectivity index (χ4n) is 2.31. The van der Waals surface area contributed by atoms with Crippen LogP contribution in [0, 0.1) is 11.6 Å². The number of ether oxygens (including phenoxy) is 1. The predicted octanol–water partition coefficient (Wildman–Crippen LogP) is 3.30. The molecule has 0 saturated heterocycles. The Balaban J connectivity index is 2.43. The summed E-state index contributed by atoms with van der Waals surface area (Å²) in [6.45, 7) is 5.20. The smallest absolute Gasteiger partial charge is 0.255 e. The van der Waals surface area contributed by atoms with Crippen LogP contribution in [0.25, 0.3) is 0 Å². The molecule has 0 fully saturated rings. The molecule has 0 bridgehead atoms. The summed E-state index contributed by atoms with van der Waals surface area (Å²) in [6, 6.07) is 6.52. The molecule has 0 unspecified atom stereocenters. The highest BCUT2D eigenvalue weighted by Crippen LogP contribution is 2.26. The van der Waals surface area contributed by atoms with Crippen molar-refractivity contribution in [1.29, 1.82) is 0 Å². The molecule has 2 N–H and O–H groups in total. The third-order valence-electron chi connectivity index (χ3n) is 3.39. The fraction of sp³-hybridized carbons (Fsp3) is 0.278. The van der Waals surface area contributed by atoms with Gasteiger partial charge in [0.25, 0.3) is 5.91 Å². The number of hydrogen-bond acceptors (Lipinski definition) is 4. The molecule has 6 nitrogen and oxygen atoms in total. The monoisotopic (exact) mass is 398 g/mol. The molecule has 2 rings (SSSR count). The molecule has 2 aromatic carbocycles. The van der Waals surface area contributed by atoms with Crippen LogP contribution in [0.3, 0.4) is 0 Å². The maximum Gasteiger partial charge on any atom is 0.255 e. The number of hydrogen-bond donors (Lipinski definition) is 2. The summed E-state index contributed by atoms with van der Waals surface area (Å²) in [5.41, 5.74) is -0.702. The number of nitrogens with one attached hydrogen (secondary N) is 2. The molecular weight excluding hydrogens is 378 g/mol. The molecule has 0 heterocycles. The van der Waals surface area contributed by atoms with E-state index in [1.54, 1.807) is 20.8 Å². The lowest BCUT2D eigenvalue weighted by Crippen LogP contribution is -2.30. The third-order valence-corrected chi connectivity index (χ3v) is 5.07. The summed E-state index contributed by atoms with van der Waals surface area (Å²) in [6.07, 6.45) is 0. The van der Waals surface area contributed by atoms with E-state index in [1.807, 2.05) is 0 Å². The van der Waals surface area contributed by atoms with Crippen molar-refractivity contribution in [2.24, 2.45) is 0 Å². The number of anilines is 1. The summed E-state index contributed by atoms with van der Waals surface area (Å²) in [7, 11) is -3.96. The first-order valence-electron chi connectivity index (χ1n) is 8.20. The number of carbonyl (C=O) groups is 1. The van der Waals surface area contributed by atoms with E-state index in [-0.39, 0.29) is 28.9 Å². The standard InChI is InChI=1S/C18H20F2N2O4S/c1-4-26-15-9-8-12(10-16(15)27(24,25)22-11(2)3)18(23)21-17-13(19)6-5-7-14(17)20/h5-11,22H,4H2,1-3H3,(H,21,23). The van der Waals surface area contributed by atoms with Gasteiger partial charge < -0.3 is 10.1 Å². The lowest BCUT2D eigenvalue weighted by molar-refractivity contribution is 0.102. The van der Waals surface area contributed by atoms with Crippen molar-refractivity contribution >= 4 is 21.6 Å². The molecule has 0 atom stereocenters. The number of para-hydroxylation sites is 1. The highest BCUT2D eigenvalue weighted by Gasteiger charge is 2.23. The molecule has 0 aliphatic carbocycles. The van der Waals surface area contributed by atoms with Crippen molar-refractivity contribution in [1.82, 2.24) is 4.72 Å². The van der Waals surface area contributed by atoms with Crippen LogP contribution < -0.4 is 14.8 Å². The van der Waals surface area contributed by atoms with Gasteiger partial charge in [-0.05, 0) is 51.1 Å².